The molecule has 2 aliphatic rings. The SMILES string of the molecule is Cc1nn(Cc2ccc(Cl)cc2)c(C)c1CN1C[C@@H]2CCC[C@@]2(C(=O)O)C1. The molecule has 1 aromatic carbocycles. The van der Waals surface area contributed by atoms with Crippen LogP contribution in [0.1, 0.15) is 41.8 Å². The van der Waals surface area contributed by atoms with Gasteiger partial charge in [-0.1, -0.05) is 30.2 Å². The topological polar surface area (TPSA) is 58.4 Å². The molecule has 144 valence electrons. The first-order valence-electron chi connectivity index (χ1n) is 9.62. The maximum absolute atomic E-state index is 11.9. The zero-order valence-electron chi connectivity index (χ0n) is 15.9. The maximum atomic E-state index is 11.9. The second-order valence-corrected chi connectivity index (χ2v) is 8.59. The molecule has 1 saturated carbocycles. The first kappa shape index (κ1) is 18.5. The number of halogens is 1. The van der Waals surface area contributed by atoms with Crippen molar-refractivity contribution >= 4 is 17.6 Å². The largest absolute Gasteiger partial charge is 0.481 e. The molecule has 5 nitrogen and oxygen atoms in total. The molecule has 1 aliphatic carbocycles. The van der Waals surface area contributed by atoms with E-state index < -0.39 is 11.4 Å². The molecule has 0 radical (unpaired) electrons. The second kappa shape index (κ2) is 6.95. The van der Waals surface area contributed by atoms with E-state index in [4.69, 9.17) is 16.7 Å². The minimum absolute atomic E-state index is 0.291. The Hall–Kier alpha value is -1.85. The third kappa shape index (κ3) is 3.27. The van der Waals surface area contributed by atoms with Crippen LogP contribution in [0.2, 0.25) is 5.02 Å². The highest BCUT2D eigenvalue weighted by Gasteiger charge is 2.54. The lowest BCUT2D eigenvalue weighted by Gasteiger charge is -2.23. The summed E-state index contributed by atoms with van der Waals surface area (Å²) in [6.07, 6.45) is 2.90. The second-order valence-electron chi connectivity index (χ2n) is 8.15. The van der Waals surface area contributed by atoms with Crippen LogP contribution in [0.15, 0.2) is 24.3 Å². The van der Waals surface area contributed by atoms with Crippen molar-refractivity contribution < 1.29 is 9.90 Å². The van der Waals surface area contributed by atoms with Gasteiger partial charge in [-0.05, 0) is 50.3 Å². The molecule has 1 aromatic heterocycles. The van der Waals surface area contributed by atoms with Gasteiger partial charge < -0.3 is 5.11 Å². The van der Waals surface area contributed by atoms with Gasteiger partial charge in [-0.15, -0.1) is 0 Å². The summed E-state index contributed by atoms with van der Waals surface area (Å²) in [7, 11) is 0. The Morgan fingerprint density at radius 3 is 2.70 bits per heavy atom. The molecule has 0 unspecified atom stereocenters. The number of aromatic nitrogens is 2. The molecule has 27 heavy (non-hydrogen) atoms. The number of nitrogens with zero attached hydrogens (tertiary/aromatic N) is 3. The molecule has 0 spiro atoms. The smallest absolute Gasteiger partial charge is 0.311 e. The van der Waals surface area contributed by atoms with E-state index in [-0.39, 0.29) is 0 Å². The van der Waals surface area contributed by atoms with Gasteiger partial charge in [-0.3, -0.25) is 14.4 Å². The molecule has 6 heteroatoms. The summed E-state index contributed by atoms with van der Waals surface area (Å²) in [4.78, 5) is 14.2. The molecule has 1 aliphatic heterocycles. The molecule has 4 rings (SSSR count). The molecule has 0 bridgehead atoms. The average Bonchev–Trinajstić information content (AvgIpc) is 3.25. The lowest BCUT2D eigenvalue weighted by molar-refractivity contribution is -0.149. The number of carboxylic acid groups (broad SMARTS) is 1. The summed E-state index contributed by atoms with van der Waals surface area (Å²) in [5.41, 5.74) is 4.05. The Kier molecular flexibility index (Phi) is 4.77. The number of aryl methyl sites for hydroxylation is 1. The quantitative estimate of drug-likeness (QED) is 0.845. The van der Waals surface area contributed by atoms with Crippen LogP contribution >= 0.6 is 11.6 Å². The number of carbonyl (C=O) groups is 1. The fraction of sp³-hybridized carbons (Fsp3) is 0.524. The molecule has 1 N–H and O–H groups in total. The van der Waals surface area contributed by atoms with Crippen molar-refractivity contribution in [1.29, 1.82) is 0 Å². The van der Waals surface area contributed by atoms with E-state index in [2.05, 4.69) is 11.8 Å². The Bertz CT molecular complexity index is 861. The van der Waals surface area contributed by atoms with E-state index in [1.807, 2.05) is 35.9 Å². The van der Waals surface area contributed by atoms with Crippen molar-refractivity contribution in [2.45, 2.75) is 46.2 Å². The number of benzene rings is 1. The highest BCUT2D eigenvalue weighted by Crippen LogP contribution is 2.49. The fourth-order valence-corrected chi connectivity index (χ4v) is 5.09. The van der Waals surface area contributed by atoms with E-state index in [0.29, 0.717) is 19.0 Å². The van der Waals surface area contributed by atoms with Crippen LogP contribution in [0.25, 0.3) is 0 Å². The van der Waals surface area contributed by atoms with Crippen molar-refractivity contribution in [3.05, 3.63) is 51.8 Å². The van der Waals surface area contributed by atoms with Gasteiger partial charge in [-0.2, -0.15) is 5.10 Å². The van der Waals surface area contributed by atoms with E-state index >= 15 is 0 Å². The number of fused-ring (bicyclic) bond motifs is 1. The van der Waals surface area contributed by atoms with Gasteiger partial charge in [0.05, 0.1) is 17.7 Å². The highest BCUT2D eigenvalue weighted by molar-refractivity contribution is 6.30. The zero-order chi connectivity index (χ0) is 19.2. The summed E-state index contributed by atoms with van der Waals surface area (Å²) in [5.74, 6) is -0.320. The normalized spacial score (nSPS) is 25.1. The monoisotopic (exact) mass is 387 g/mol. The lowest BCUT2D eigenvalue weighted by atomic mass is 9.81. The van der Waals surface area contributed by atoms with Gasteiger partial charge in [0, 0.05) is 35.9 Å². The summed E-state index contributed by atoms with van der Waals surface area (Å²) in [6, 6.07) is 7.85. The number of aliphatic carboxylic acids is 1. The fourth-order valence-electron chi connectivity index (χ4n) is 4.97. The Morgan fingerprint density at radius 1 is 1.30 bits per heavy atom. The van der Waals surface area contributed by atoms with Gasteiger partial charge in [0.15, 0.2) is 0 Å². The zero-order valence-corrected chi connectivity index (χ0v) is 16.7. The predicted octanol–water partition coefficient (Wildman–Crippen LogP) is 3.89. The molecule has 2 aromatic rings. The lowest BCUT2D eigenvalue weighted by Crippen LogP contribution is -2.35. The standard InChI is InChI=1S/C21H26ClN3O2/c1-14-19(12-24-11-17-4-3-9-21(17,13-24)20(26)27)15(2)25(23-14)10-16-5-7-18(22)8-6-16/h5-8,17H,3-4,9-13H2,1-2H3,(H,26,27)/t17-,21+/m0/s1. The molecular weight excluding hydrogens is 362 g/mol. The number of likely N-dealkylation sites (tertiary alicyclic amines) is 1. The first-order chi connectivity index (χ1) is 12.9. The summed E-state index contributed by atoms with van der Waals surface area (Å²) < 4.78 is 2.04. The number of hydrogen-bond donors (Lipinski definition) is 1. The molecule has 0 amide bonds. The predicted molar refractivity (Wildman–Crippen MR) is 105 cm³/mol. The highest BCUT2D eigenvalue weighted by atomic mass is 35.5. The molecule has 2 heterocycles. The van der Waals surface area contributed by atoms with Gasteiger partial charge in [0.1, 0.15) is 0 Å². The van der Waals surface area contributed by atoms with Crippen molar-refractivity contribution in [2.24, 2.45) is 11.3 Å². The van der Waals surface area contributed by atoms with Gasteiger partial charge in [0.2, 0.25) is 0 Å². The van der Waals surface area contributed by atoms with E-state index in [1.54, 1.807) is 0 Å². The number of hydrogen-bond acceptors (Lipinski definition) is 3. The van der Waals surface area contributed by atoms with Crippen LogP contribution in [0.5, 0.6) is 0 Å². The molecular formula is C21H26ClN3O2. The minimum atomic E-state index is -0.612. The van der Waals surface area contributed by atoms with Crippen molar-refractivity contribution in [3.63, 3.8) is 0 Å². The summed E-state index contributed by atoms with van der Waals surface area (Å²) >= 11 is 5.97. The van der Waals surface area contributed by atoms with E-state index in [1.165, 1.54) is 5.56 Å². The van der Waals surface area contributed by atoms with Gasteiger partial charge in [0.25, 0.3) is 0 Å². The Balaban J connectivity index is 1.51. The van der Waals surface area contributed by atoms with Crippen LogP contribution in [0.4, 0.5) is 0 Å². The van der Waals surface area contributed by atoms with Crippen LogP contribution in [0.3, 0.4) is 0 Å². The molecule has 2 fully saturated rings. The molecule has 2 atom stereocenters. The van der Waals surface area contributed by atoms with E-state index in [9.17, 15) is 9.90 Å². The van der Waals surface area contributed by atoms with Crippen LogP contribution in [-0.2, 0) is 17.9 Å². The van der Waals surface area contributed by atoms with Crippen molar-refractivity contribution in [1.82, 2.24) is 14.7 Å². The van der Waals surface area contributed by atoms with Crippen LogP contribution in [0, 0.1) is 25.2 Å². The number of rotatable bonds is 5. The van der Waals surface area contributed by atoms with Gasteiger partial charge >= 0.3 is 5.97 Å². The maximum Gasteiger partial charge on any atom is 0.311 e. The summed E-state index contributed by atoms with van der Waals surface area (Å²) in [5, 5.41) is 15.3. The number of carboxylic acids is 1. The average molecular weight is 388 g/mol. The third-order valence-electron chi connectivity index (χ3n) is 6.53. The van der Waals surface area contributed by atoms with Gasteiger partial charge in [-0.25, -0.2) is 0 Å². The first-order valence-corrected chi connectivity index (χ1v) is 10.00. The van der Waals surface area contributed by atoms with Crippen LogP contribution < -0.4 is 0 Å². The Labute approximate surface area is 164 Å². The van der Waals surface area contributed by atoms with E-state index in [0.717, 1.165) is 54.3 Å². The summed E-state index contributed by atoms with van der Waals surface area (Å²) in [6.45, 7) is 7.19. The van der Waals surface area contributed by atoms with Crippen molar-refractivity contribution in [2.75, 3.05) is 13.1 Å². The molecule has 1 saturated heterocycles. The Morgan fingerprint density at radius 2 is 2.04 bits per heavy atom. The van der Waals surface area contributed by atoms with Crippen LogP contribution in [-0.4, -0.2) is 38.8 Å². The van der Waals surface area contributed by atoms with Crippen molar-refractivity contribution in [3.8, 4) is 0 Å². The minimum Gasteiger partial charge on any atom is -0.481 e. The third-order valence-corrected chi connectivity index (χ3v) is 6.78.